The molecule has 1 aliphatic heterocycles. The van der Waals surface area contributed by atoms with E-state index >= 15 is 0 Å². The number of carbonyl (C=O) groups excluding carboxylic acids is 2. The molecule has 1 saturated heterocycles. The smallest absolute Gasteiger partial charge is 0.329 e. The quantitative estimate of drug-likeness (QED) is 0.854. The number of rotatable bonds is 5. The van der Waals surface area contributed by atoms with Crippen LogP contribution in [0.3, 0.4) is 0 Å². The van der Waals surface area contributed by atoms with Gasteiger partial charge in [0.15, 0.2) is 0 Å². The molecule has 2 fully saturated rings. The Balaban J connectivity index is 1.62. The third-order valence-electron chi connectivity index (χ3n) is 4.27. The van der Waals surface area contributed by atoms with E-state index in [1.54, 1.807) is 29.2 Å². The largest absolute Gasteiger partial charge is 0.480 e. The van der Waals surface area contributed by atoms with Crippen molar-refractivity contribution in [3.8, 4) is 0 Å². The first-order valence-corrected chi connectivity index (χ1v) is 7.43. The number of aliphatic carboxylic acids is 1. The van der Waals surface area contributed by atoms with E-state index < -0.39 is 11.5 Å². The van der Waals surface area contributed by atoms with Gasteiger partial charge in [0.25, 0.3) is 5.91 Å². The van der Waals surface area contributed by atoms with Gasteiger partial charge < -0.3 is 15.3 Å². The lowest BCUT2D eigenvalue weighted by Gasteiger charge is -2.16. The summed E-state index contributed by atoms with van der Waals surface area (Å²) in [7, 11) is 0. The first-order valence-electron chi connectivity index (χ1n) is 7.43. The summed E-state index contributed by atoms with van der Waals surface area (Å²) in [5.41, 5.74) is 0.327. The molecular weight excluding hydrogens is 284 g/mol. The van der Waals surface area contributed by atoms with Crippen molar-refractivity contribution in [1.29, 1.82) is 0 Å². The minimum Gasteiger partial charge on any atom is -0.480 e. The molecule has 1 aromatic carbocycles. The predicted molar refractivity (Wildman–Crippen MR) is 78.2 cm³/mol. The van der Waals surface area contributed by atoms with Crippen LogP contribution < -0.4 is 5.32 Å². The summed E-state index contributed by atoms with van der Waals surface area (Å²) in [6, 6.07) is 6.95. The van der Waals surface area contributed by atoms with Gasteiger partial charge in [-0.25, -0.2) is 4.79 Å². The number of carboxylic acid groups (broad SMARTS) is 1. The Bertz CT molecular complexity index is 620. The minimum atomic E-state index is -1.07. The fourth-order valence-electron chi connectivity index (χ4n) is 2.66. The van der Waals surface area contributed by atoms with E-state index in [4.69, 9.17) is 5.11 Å². The molecule has 0 aromatic heterocycles. The summed E-state index contributed by atoms with van der Waals surface area (Å²) in [6.45, 7) is 1.34. The van der Waals surface area contributed by atoms with Crippen molar-refractivity contribution >= 4 is 17.8 Å². The zero-order valence-corrected chi connectivity index (χ0v) is 12.2. The molecule has 1 saturated carbocycles. The van der Waals surface area contributed by atoms with Crippen molar-refractivity contribution in [1.82, 2.24) is 10.2 Å². The van der Waals surface area contributed by atoms with Crippen LogP contribution >= 0.6 is 0 Å². The number of hydrogen-bond acceptors (Lipinski definition) is 3. The van der Waals surface area contributed by atoms with Gasteiger partial charge in [0.1, 0.15) is 5.54 Å². The lowest BCUT2D eigenvalue weighted by atomic mass is 10.1. The van der Waals surface area contributed by atoms with Crippen molar-refractivity contribution in [2.24, 2.45) is 0 Å². The highest BCUT2D eigenvalue weighted by Gasteiger charge is 2.51. The second kappa shape index (κ2) is 5.44. The average Bonchev–Trinajstić information content (AvgIpc) is 3.18. The Morgan fingerprint density at radius 1 is 1.23 bits per heavy atom. The Labute approximate surface area is 128 Å². The van der Waals surface area contributed by atoms with E-state index in [0.717, 1.165) is 18.5 Å². The molecule has 2 amide bonds. The van der Waals surface area contributed by atoms with Gasteiger partial charge in [-0.15, -0.1) is 0 Å². The van der Waals surface area contributed by atoms with Gasteiger partial charge in [0.05, 0.1) is 0 Å². The molecule has 116 valence electrons. The second-order valence-electron chi connectivity index (χ2n) is 5.96. The van der Waals surface area contributed by atoms with Gasteiger partial charge in [-0.3, -0.25) is 9.59 Å². The van der Waals surface area contributed by atoms with Gasteiger partial charge >= 0.3 is 5.97 Å². The van der Waals surface area contributed by atoms with Crippen molar-refractivity contribution in [2.75, 3.05) is 6.54 Å². The van der Waals surface area contributed by atoms with Gasteiger partial charge in [0.2, 0.25) is 5.91 Å². The van der Waals surface area contributed by atoms with Gasteiger partial charge in [-0.1, -0.05) is 12.1 Å². The van der Waals surface area contributed by atoms with Crippen LogP contribution in [0.25, 0.3) is 0 Å². The molecule has 0 unspecified atom stereocenters. The summed E-state index contributed by atoms with van der Waals surface area (Å²) in [6.07, 6.45) is 2.46. The van der Waals surface area contributed by atoms with Crippen LogP contribution in [0.15, 0.2) is 24.3 Å². The number of amides is 2. The first kappa shape index (κ1) is 14.6. The first-order chi connectivity index (χ1) is 10.5. The van der Waals surface area contributed by atoms with E-state index in [1.807, 2.05) is 0 Å². The van der Waals surface area contributed by atoms with Crippen molar-refractivity contribution in [3.05, 3.63) is 35.4 Å². The summed E-state index contributed by atoms with van der Waals surface area (Å²) in [5.74, 6) is -1.19. The van der Waals surface area contributed by atoms with Crippen LogP contribution in [-0.2, 0) is 16.1 Å². The van der Waals surface area contributed by atoms with Crippen molar-refractivity contribution in [2.45, 2.75) is 37.8 Å². The topological polar surface area (TPSA) is 86.7 Å². The standard InChI is InChI=1S/C16H18N2O4/c19-13-2-1-9-18(13)10-11-3-5-12(6-4-11)14(20)17-16(7-8-16)15(21)22/h3-6H,1-2,7-10H2,(H,17,20)(H,21,22). The lowest BCUT2D eigenvalue weighted by Crippen LogP contribution is -2.43. The third kappa shape index (κ3) is 2.81. The van der Waals surface area contributed by atoms with E-state index in [1.165, 1.54) is 0 Å². The monoisotopic (exact) mass is 302 g/mol. The zero-order valence-electron chi connectivity index (χ0n) is 12.2. The molecule has 3 rings (SSSR count). The number of nitrogens with zero attached hydrogens (tertiary/aromatic N) is 1. The van der Waals surface area contributed by atoms with Gasteiger partial charge in [-0.2, -0.15) is 0 Å². The van der Waals surface area contributed by atoms with Gasteiger partial charge in [0, 0.05) is 25.1 Å². The number of likely N-dealkylation sites (tertiary alicyclic amines) is 1. The molecule has 2 aliphatic rings. The summed E-state index contributed by atoms with van der Waals surface area (Å²) >= 11 is 0. The highest BCUT2D eigenvalue weighted by Crippen LogP contribution is 2.35. The number of carbonyl (C=O) groups is 3. The number of carboxylic acids is 1. The molecule has 0 bridgehead atoms. The maximum Gasteiger partial charge on any atom is 0.329 e. The fourth-order valence-corrected chi connectivity index (χ4v) is 2.66. The summed E-state index contributed by atoms with van der Waals surface area (Å²) in [4.78, 5) is 36.5. The predicted octanol–water partition coefficient (Wildman–Crippen LogP) is 1.16. The number of hydrogen-bond donors (Lipinski definition) is 2. The van der Waals surface area contributed by atoms with Crippen molar-refractivity contribution < 1.29 is 19.5 Å². The van der Waals surface area contributed by atoms with Crippen LogP contribution in [0.1, 0.15) is 41.6 Å². The van der Waals surface area contributed by atoms with E-state index in [0.29, 0.717) is 31.4 Å². The zero-order chi connectivity index (χ0) is 15.7. The van der Waals surface area contributed by atoms with Crippen molar-refractivity contribution in [3.63, 3.8) is 0 Å². The molecule has 0 atom stereocenters. The summed E-state index contributed by atoms with van der Waals surface area (Å²) < 4.78 is 0. The average molecular weight is 302 g/mol. The normalized spacial score (nSPS) is 19.1. The van der Waals surface area contributed by atoms with E-state index in [2.05, 4.69) is 5.32 Å². The maximum absolute atomic E-state index is 12.1. The van der Waals surface area contributed by atoms with Crippen LogP contribution in [0.2, 0.25) is 0 Å². The van der Waals surface area contributed by atoms with Crippen LogP contribution in [-0.4, -0.2) is 39.9 Å². The Kier molecular flexibility index (Phi) is 3.60. The second-order valence-corrected chi connectivity index (χ2v) is 5.96. The maximum atomic E-state index is 12.1. The molecule has 1 aromatic rings. The van der Waals surface area contributed by atoms with Crippen LogP contribution in [0.5, 0.6) is 0 Å². The highest BCUT2D eigenvalue weighted by molar-refractivity contribution is 5.98. The van der Waals surface area contributed by atoms with Crippen LogP contribution in [0, 0.1) is 0 Å². The molecule has 2 N–H and O–H groups in total. The molecule has 6 heteroatoms. The van der Waals surface area contributed by atoms with E-state index in [-0.39, 0.29) is 11.8 Å². The lowest BCUT2D eigenvalue weighted by molar-refractivity contribution is -0.140. The molecule has 0 radical (unpaired) electrons. The Morgan fingerprint density at radius 3 is 2.41 bits per heavy atom. The molecule has 22 heavy (non-hydrogen) atoms. The molecule has 0 spiro atoms. The highest BCUT2D eigenvalue weighted by atomic mass is 16.4. The molecule has 6 nitrogen and oxygen atoms in total. The number of benzene rings is 1. The van der Waals surface area contributed by atoms with Crippen LogP contribution in [0.4, 0.5) is 0 Å². The molecule has 1 aliphatic carbocycles. The SMILES string of the molecule is O=C(NC1(C(=O)O)CC1)c1ccc(CN2CCCC2=O)cc1. The Hall–Kier alpha value is -2.37. The number of nitrogens with one attached hydrogen (secondary N) is 1. The minimum absolute atomic E-state index is 0.166. The summed E-state index contributed by atoms with van der Waals surface area (Å²) in [5, 5.41) is 11.7. The van der Waals surface area contributed by atoms with E-state index in [9.17, 15) is 14.4 Å². The Morgan fingerprint density at radius 2 is 1.91 bits per heavy atom. The van der Waals surface area contributed by atoms with Gasteiger partial charge in [-0.05, 0) is 37.0 Å². The third-order valence-corrected chi connectivity index (χ3v) is 4.27. The fraction of sp³-hybridized carbons (Fsp3) is 0.438. The molecule has 1 heterocycles. The molecular formula is C16H18N2O4.